The van der Waals surface area contributed by atoms with E-state index in [2.05, 4.69) is 22.6 Å². The van der Waals surface area contributed by atoms with Gasteiger partial charge < -0.3 is 5.32 Å². The van der Waals surface area contributed by atoms with Crippen molar-refractivity contribution in [3.8, 4) is 0 Å². The molecule has 1 N–H and O–H groups in total. The lowest BCUT2D eigenvalue weighted by atomic mass is 9.82. The summed E-state index contributed by atoms with van der Waals surface area (Å²) in [7, 11) is 0. The Labute approximate surface area is 97.4 Å². The largest absolute Gasteiger partial charge is 0.315 e. The molecule has 2 rings (SSSR count). The van der Waals surface area contributed by atoms with Gasteiger partial charge in [0.05, 0.1) is 12.7 Å². The molecule has 0 aliphatic heterocycles. The zero-order valence-corrected chi connectivity index (χ0v) is 10.1. The van der Waals surface area contributed by atoms with Crippen LogP contribution in [-0.4, -0.2) is 28.1 Å². The number of rotatable bonds is 5. The summed E-state index contributed by atoms with van der Waals surface area (Å²) in [6.07, 6.45) is 9.27. The van der Waals surface area contributed by atoms with Gasteiger partial charge in [-0.1, -0.05) is 25.0 Å². The predicted molar refractivity (Wildman–Crippen MR) is 64.0 cm³/mol. The van der Waals surface area contributed by atoms with Crippen molar-refractivity contribution >= 4 is 0 Å². The van der Waals surface area contributed by atoms with Crippen LogP contribution in [0.2, 0.25) is 0 Å². The maximum atomic E-state index is 3.94. The molecule has 0 spiro atoms. The van der Waals surface area contributed by atoms with Gasteiger partial charge in [0.15, 0.2) is 0 Å². The van der Waals surface area contributed by atoms with Gasteiger partial charge in [-0.2, -0.15) is 0 Å². The average Bonchev–Trinajstić information content (AvgIpc) is 2.77. The minimum Gasteiger partial charge on any atom is -0.315 e. The van der Waals surface area contributed by atoms with E-state index in [1.807, 2.05) is 10.9 Å². The highest BCUT2D eigenvalue weighted by atomic mass is 15.4. The quantitative estimate of drug-likeness (QED) is 0.771. The smallest absolute Gasteiger partial charge is 0.0692 e. The van der Waals surface area contributed by atoms with Crippen LogP contribution in [0.1, 0.15) is 32.6 Å². The van der Waals surface area contributed by atoms with Gasteiger partial charge in [-0.05, 0) is 31.2 Å². The SMILES string of the molecule is CC1CCCC(CNCCn2ccnn2)C1. The van der Waals surface area contributed by atoms with Gasteiger partial charge in [0, 0.05) is 12.7 Å². The molecule has 1 aliphatic rings. The molecule has 2 unspecified atom stereocenters. The maximum absolute atomic E-state index is 3.94. The summed E-state index contributed by atoms with van der Waals surface area (Å²) in [6, 6.07) is 0. The first-order valence-corrected chi connectivity index (χ1v) is 6.39. The van der Waals surface area contributed by atoms with E-state index < -0.39 is 0 Å². The van der Waals surface area contributed by atoms with Crippen molar-refractivity contribution in [2.75, 3.05) is 13.1 Å². The van der Waals surface area contributed by atoms with Gasteiger partial charge in [-0.25, -0.2) is 0 Å². The molecule has 0 aromatic carbocycles. The van der Waals surface area contributed by atoms with E-state index in [-0.39, 0.29) is 0 Å². The molecule has 1 fully saturated rings. The van der Waals surface area contributed by atoms with Crippen molar-refractivity contribution in [3.63, 3.8) is 0 Å². The molecule has 4 heteroatoms. The molecule has 0 amide bonds. The third kappa shape index (κ3) is 3.59. The summed E-state index contributed by atoms with van der Waals surface area (Å²) in [4.78, 5) is 0. The van der Waals surface area contributed by atoms with Crippen LogP contribution < -0.4 is 5.32 Å². The Morgan fingerprint density at radius 3 is 3.12 bits per heavy atom. The fraction of sp³-hybridized carbons (Fsp3) is 0.833. The maximum Gasteiger partial charge on any atom is 0.0692 e. The van der Waals surface area contributed by atoms with E-state index in [1.165, 1.54) is 32.2 Å². The standard InChI is InChI=1S/C12H22N4/c1-11-3-2-4-12(9-11)10-13-5-7-16-8-6-14-15-16/h6,8,11-13H,2-5,7,9-10H2,1H3. The minimum atomic E-state index is 0.888. The number of hydrogen-bond donors (Lipinski definition) is 1. The lowest BCUT2D eigenvalue weighted by molar-refractivity contribution is 0.273. The lowest BCUT2D eigenvalue weighted by Gasteiger charge is -2.26. The van der Waals surface area contributed by atoms with Crippen LogP contribution in [0.25, 0.3) is 0 Å². The van der Waals surface area contributed by atoms with E-state index in [1.54, 1.807) is 6.20 Å². The number of nitrogens with one attached hydrogen (secondary N) is 1. The van der Waals surface area contributed by atoms with E-state index in [0.29, 0.717) is 0 Å². The summed E-state index contributed by atoms with van der Waals surface area (Å²) in [5.74, 6) is 1.82. The van der Waals surface area contributed by atoms with Crippen molar-refractivity contribution < 1.29 is 0 Å². The fourth-order valence-corrected chi connectivity index (χ4v) is 2.60. The first-order chi connectivity index (χ1) is 7.84. The second-order valence-electron chi connectivity index (χ2n) is 5.01. The van der Waals surface area contributed by atoms with E-state index in [9.17, 15) is 0 Å². The number of nitrogens with zero attached hydrogens (tertiary/aromatic N) is 3. The zero-order chi connectivity index (χ0) is 11.2. The Morgan fingerprint density at radius 1 is 1.44 bits per heavy atom. The van der Waals surface area contributed by atoms with Gasteiger partial charge in [0.1, 0.15) is 0 Å². The molecule has 1 aromatic rings. The van der Waals surface area contributed by atoms with Gasteiger partial charge in [-0.3, -0.25) is 4.68 Å². The highest BCUT2D eigenvalue weighted by molar-refractivity contribution is 4.72. The first-order valence-electron chi connectivity index (χ1n) is 6.39. The van der Waals surface area contributed by atoms with Crippen molar-refractivity contribution in [1.82, 2.24) is 20.3 Å². The Balaban J connectivity index is 1.57. The minimum absolute atomic E-state index is 0.888. The monoisotopic (exact) mass is 222 g/mol. The van der Waals surface area contributed by atoms with Crippen molar-refractivity contribution in [3.05, 3.63) is 12.4 Å². The third-order valence-corrected chi connectivity index (χ3v) is 3.47. The van der Waals surface area contributed by atoms with Crippen LogP contribution in [0.4, 0.5) is 0 Å². The number of hydrogen-bond acceptors (Lipinski definition) is 3. The van der Waals surface area contributed by atoms with Crippen LogP contribution in [0.3, 0.4) is 0 Å². The Kier molecular flexibility index (Phi) is 4.34. The predicted octanol–water partition coefficient (Wildman–Crippen LogP) is 1.69. The van der Waals surface area contributed by atoms with Crippen molar-refractivity contribution in [1.29, 1.82) is 0 Å². The Morgan fingerprint density at radius 2 is 2.38 bits per heavy atom. The summed E-state index contributed by atoms with van der Waals surface area (Å²) in [5.41, 5.74) is 0. The first kappa shape index (κ1) is 11.6. The molecule has 1 heterocycles. The van der Waals surface area contributed by atoms with Gasteiger partial charge in [0.2, 0.25) is 0 Å². The van der Waals surface area contributed by atoms with Crippen LogP contribution in [-0.2, 0) is 6.54 Å². The molecule has 0 saturated heterocycles. The van der Waals surface area contributed by atoms with E-state index >= 15 is 0 Å². The molecule has 1 saturated carbocycles. The molecule has 1 aromatic heterocycles. The molecule has 0 radical (unpaired) electrons. The van der Waals surface area contributed by atoms with Gasteiger partial charge in [0.25, 0.3) is 0 Å². The molecule has 4 nitrogen and oxygen atoms in total. The van der Waals surface area contributed by atoms with Gasteiger partial charge in [-0.15, -0.1) is 5.10 Å². The van der Waals surface area contributed by atoms with Gasteiger partial charge >= 0.3 is 0 Å². The zero-order valence-electron chi connectivity index (χ0n) is 10.1. The average molecular weight is 222 g/mol. The highest BCUT2D eigenvalue weighted by Gasteiger charge is 2.17. The lowest BCUT2D eigenvalue weighted by Crippen LogP contribution is -2.29. The summed E-state index contributed by atoms with van der Waals surface area (Å²) < 4.78 is 1.87. The second kappa shape index (κ2) is 5.99. The number of aromatic nitrogens is 3. The summed E-state index contributed by atoms with van der Waals surface area (Å²) in [5, 5.41) is 11.3. The van der Waals surface area contributed by atoms with Crippen LogP contribution in [0.15, 0.2) is 12.4 Å². The van der Waals surface area contributed by atoms with E-state index in [0.717, 1.165) is 24.9 Å². The van der Waals surface area contributed by atoms with Crippen LogP contribution >= 0.6 is 0 Å². The van der Waals surface area contributed by atoms with Crippen molar-refractivity contribution in [2.45, 2.75) is 39.2 Å². The molecule has 2 atom stereocenters. The summed E-state index contributed by atoms with van der Waals surface area (Å²) in [6.45, 7) is 5.46. The second-order valence-corrected chi connectivity index (χ2v) is 5.01. The highest BCUT2D eigenvalue weighted by Crippen LogP contribution is 2.27. The molecular formula is C12H22N4. The normalized spacial score (nSPS) is 25.8. The molecule has 1 aliphatic carbocycles. The Bertz CT molecular complexity index is 283. The van der Waals surface area contributed by atoms with E-state index in [4.69, 9.17) is 0 Å². The molecule has 90 valence electrons. The third-order valence-electron chi connectivity index (χ3n) is 3.47. The van der Waals surface area contributed by atoms with Crippen LogP contribution in [0, 0.1) is 11.8 Å². The molecular weight excluding hydrogens is 200 g/mol. The molecule has 0 bridgehead atoms. The Hall–Kier alpha value is -0.900. The van der Waals surface area contributed by atoms with Crippen molar-refractivity contribution in [2.24, 2.45) is 11.8 Å². The van der Waals surface area contributed by atoms with Crippen LogP contribution in [0.5, 0.6) is 0 Å². The summed E-state index contributed by atoms with van der Waals surface area (Å²) >= 11 is 0. The molecule has 16 heavy (non-hydrogen) atoms. The fourth-order valence-electron chi connectivity index (χ4n) is 2.60. The topological polar surface area (TPSA) is 42.7 Å².